The molecule has 6 nitrogen and oxygen atoms in total. The number of carbonyl (C=O) groups excluding carboxylic acids is 3. The smallest absolute Gasteiger partial charge is 0.339 e. The molecule has 1 N–H and O–H groups in total. The third kappa shape index (κ3) is 3.83. The summed E-state index contributed by atoms with van der Waals surface area (Å²) in [6.07, 6.45) is -4.44. The van der Waals surface area contributed by atoms with E-state index in [1.54, 1.807) is 19.1 Å². The molecule has 0 unspecified atom stereocenters. The Balaban J connectivity index is 1.84. The van der Waals surface area contributed by atoms with E-state index in [2.05, 4.69) is 5.32 Å². The number of ketones is 1. The molecule has 3 amide bonds. The van der Waals surface area contributed by atoms with Gasteiger partial charge in [-0.25, -0.2) is 4.79 Å². The summed E-state index contributed by atoms with van der Waals surface area (Å²) in [4.78, 5) is 39.0. The van der Waals surface area contributed by atoms with Gasteiger partial charge in [-0.1, -0.05) is 29.8 Å². The average molecular weight is 421 g/mol. The van der Waals surface area contributed by atoms with Gasteiger partial charge >= 0.3 is 12.2 Å². The SMILES string of the molecule is Cc1ccc([C@]2(C)NC(=O)N(CC(=O)c3cc(C)n(CC(F)(F)F)c3C)C2=O)cc1. The zero-order valence-electron chi connectivity index (χ0n) is 17.1. The van der Waals surface area contributed by atoms with Crippen molar-refractivity contribution in [3.63, 3.8) is 0 Å². The Morgan fingerprint density at radius 1 is 1.10 bits per heavy atom. The molecule has 1 aliphatic rings. The lowest BCUT2D eigenvalue weighted by atomic mass is 9.91. The molecular formula is C21H22F3N3O3. The summed E-state index contributed by atoms with van der Waals surface area (Å²) in [5.41, 5.74) is 0.711. The Morgan fingerprint density at radius 3 is 2.27 bits per heavy atom. The molecule has 0 radical (unpaired) electrons. The summed E-state index contributed by atoms with van der Waals surface area (Å²) in [7, 11) is 0. The highest BCUT2D eigenvalue weighted by molar-refractivity contribution is 6.11. The van der Waals surface area contributed by atoms with E-state index in [0.717, 1.165) is 15.0 Å². The van der Waals surface area contributed by atoms with Crippen molar-refractivity contribution < 1.29 is 27.6 Å². The van der Waals surface area contributed by atoms with Gasteiger partial charge < -0.3 is 9.88 Å². The Morgan fingerprint density at radius 2 is 1.70 bits per heavy atom. The van der Waals surface area contributed by atoms with Crippen molar-refractivity contribution in [3.8, 4) is 0 Å². The standard InChI is InChI=1S/C21H22F3N3O3/c1-12-5-7-15(8-6-12)20(4)18(29)26(19(30)25-20)10-17(28)16-9-13(2)27(14(16)3)11-21(22,23)24/h5-9H,10-11H2,1-4H3,(H,25,30)/t20-/m0/s1. The van der Waals surface area contributed by atoms with Crippen molar-refractivity contribution in [2.75, 3.05) is 6.54 Å². The number of aryl methyl sites for hydroxylation is 2. The quantitative estimate of drug-likeness (QED) is 0.592. The van der Waals surface area contributed by atoms with Gasteiger partial charge in [-0.3, -0.25) is 14.5 Å². The number of rotatable bonds is 5. The molecule has 0 saturated carbocycles. The summed E-state index contributed by atoms with van der Waals surface area (Å²) < 4.78 is 39.4. The number of hydrogen-bond acceptors (Lipinski definition) is 3. The second kappa shape index (κ2) is 7.30. The van der Waals surface area contributed by atoms with Crippen LogP contribution in [0.2, 0.25) is 0 Å². The number of alkyl halides is 3. The van der Waals surface area contributed by atoms with Crippen LogP contribution in [-0.2, 0) is 16.9 Å². The predicted molar refractivity (Wildman–Crippen MR) is 103 cm³/mol. The Kier molecular flexibility index (Phi) is 5.26. The molecule has 0 aliphatic carbocycles. The number of halogens is 3. The molecule has 1 aromatic carbocycles. The summed E-state index contributed by atoms with van der Waals surface area (Å²) in [5.74, 6) is -1.19. The molecule has 1 fully saturated rings. The van der Waals surface area contributed by atoms with Crippen LogP contribution in [0, 0.1) is 20.8 Å². The minimum Gasteiger partial charge on any atom is -0.339 e. The van der Waals surface area contributed by atoms with Crippen LogP contribution in [0.4, 0.5) is 18.0 Å². The second-order valence-electron chi connectivity index (χ2n) is 7.72. The normalized spacial score (nSPS) is 19.4. The third-order valence-corrected chi connectivity index (χ3v) is 5.42. The first-order chi connectivity index (χ1) is 13.8. The predicted octanol–water partition coefficient (Wildman–Crippen LogP) is 3.63. The van der Waals surface area contributed by atoms with E-state index >= 15 is 0 Å². The fourth-order valence-corrected chi connectivity index (χ4v) is 3.66. The van der Waals surface area contributed by atoms with Crippen LogP contribution in [0.25, 0.3) is 0 Å². The molecular weight excluding hydrogens is 399 g/mol. The number of carbonyl (C=O) groups is 3. The lowest BCUT2D eigenvalue weighted by molar-refractivity contribution is -0.141. The number of urea groups is 1. The maximum Gasteiger partial charge on any atom is 0.406 e. The van der Waals surface area contributed by atoms with Gasteiger partial charge in [0, 0.05) is 17.0 Å². The zero-order chi connectivity index (χ0) is 22.4. The minimum atomic E-state index is -4.44. The van der Waals surface area contributed by atoms with Crippen molar-refractivity contribution >= 4 is 17.7 Å². The van der Waals surface area contributed by atoms with E-state index in [4.69, 9.17) is 0 Å². The largest absolute Gasteiger partial charge is 0.406 e. The average Bonchev–Trinajstić information content (AvgIpc) is 3.03. The number of Topliss-reactive ketones (excluding diaryl/α,β-unsaturated/α-hetero) is 1. The van der Waals surface area contributed by atoms with Crippen LogP contribution >= 0.6 is 0 Å². The number of nitrogens with one attached hydrogen (secondary N) is 1. The van der Waals surface area contributed by atoms with Gasteiger partial charge in [-0.05, 0) is 39.3 Å². The molecule has 1 atom stereocenters. The van der Waals surface area contributed by atoms with Gasteiger partial charge in [0.15, 0.2) is 5.78 Å². The van der Waals surface area contributed by atoms with Gasteiger partial charge in [0.25, 0.3) is 5.91 Å². The van der Waals surface area contributed by atoms with Crippen LogP contribution in [0.1, 0.15) is 39.8 Å². The molecule has 0 spiro atoms. The minimum absolute atomic E-state index is 0.0567. The van der Waals surface area contributed by atoms with Gasteiger partial charge in [-0.2, -0.15) is 13.2 Å². The highest BCUT2D eigenvalue weighted by Gasteiger charge is 2.49. The van der Waals surface area contributed by atoms with E-state index in [0.29, 0.717) is 5.56 Å². The summed E-state index contributed by atoms with van der Waals surface area (Å²) in [5, 5.41) is 2.62. The number of hydrogen-bond donors (Lipinski definition) is 1. The fourth-order valence-electron chi connectivity index (χ4n) is 3.66. The van der Waals surface area contributed by atoms with Crippen LogP contribution in [0.5, 0.6) is 0 Å². The van der Waals surface area contributed by atoms with E-state index in [-0.39, 0.29) is 17.0 Å². The van der Waals surface area contributed by atoms with Crippen molar-refractivity contribution in [2.24, 2.45) is 0 Å². The molecule has 160 valence electrons. The first-order valence-corrected chi connectivity index (χ1v) is 9.31. The summed E-state index contributed by atoms with van der Waals surface area (Å²) in [6.45, 7) is 4.56. The Bertz CT molecular complexity index is 1020. The van der Waals surface area contributed by atoms with Crippen LogP contribution < -0.4 is 5.32 Å². The van der Waals surface area contributed by atoms with E-state index in [1.807, 2.05) is 19.1 Å². The monoisotopic (exact) mass is 421 g/mol. The molecule has 30 heavy (non-hydrogen) atoms. The van der Waals surface area contributed by atoms with Gasteiger partial charge in [0.05, 0.1) is 6.54 Å². The van der Waals surface area contributed by atoms with Crippen molar-refractivity contribution in [2.45, 2.75) is 46.0 Å². The van der Waals surface area contributed by atoms with Crippen molar-refractivity contribution in [3.05, 3.63) is 58.4 Å². The molecule has 2 aromatic rings. The van der Waals surface area contributed by atoms with Gasteiger partial charge in [0.1, 0.15) is 12.1 Å². The van der Waals surface area contributed by atoms with Crippen molar-refractivity contribution in [1.82, 2.24) is 14.8 Å². The molecule has 0 bridgehead atoms. The summed E-state index contributed by atoms with van der Waals surface area (Å²) >= 11 is 0. The zero-order valence-corrected chi connectivity index (χ0v) is 17.1. The van der Waals surface area contributed by atoms with E-state index in [1.165, 1.54) is 19.9 Å². The van der Waals surface area contributed by atoms with Crippen molar-refractivity contribution in [1.29, 1.82) is 0 Å². The molecule has 9 heteroatoms. The molecule has 3 rings (SSSR count). The molecule has 2 heterocycles. The first-order valence-electron chi connectivity index (χ1n) is 9.31. The van der Waals surface area contributed by atoms with Crippen LogP contribution in [0.15, 0.2) is 30.3 Å². The molecule has 1 aromatic heterocycles. The number of benzene rings is 1. The summed E-state index contributed by atoms with van der Waals surface area (Å²) in [6, 6.07) is 7.70. The lowest BCUT2D eigenvalue weighted by Crippen LogP contribution is -2.41. The van der Waals surface area contributed by atoms with Gasteiger partial charge in [0.2, 0.25) is 0 Å². The highest BCUT2D eigenvalue weighted by atomic mass is 19.4. The Labute approximate surface area is 171 Å². The van der Waals surface area contributed by atoms with Gasteiger partial charge in [-0.15, -0.1) is 0 Å². The molecule has 1 aliphatic heterocycles. The first kappa shape index (κ1) is 21.6. The number of aromatic nitrogens is 1. The lowest BCUT2D eigenvalue weighted by Gasteiger charge is -2.22. The third-order valence-electron chi connectivity index (χ3n) is 5.42. The van der Waals surface area contributed by atoms with E-state index in [9.17, 15) is 27.6 Å². The number of nitrogens with zero attached hydrogens (tertiary/aromatic N) is 2. The van der Waals surface area contributed by atoms with E-state index < -0.39 is 42.5 Å². The maximum atomic E-state index is 13.0. The topological polar surface area (TPSA) is 71.4 Å². The number of imide groups is 1. The van der Waals surface area contributed by atoms with Crippen LogP contribution in [-0.4, -0.2) is 39.9 Å². The Hall–Kier alpha value is -3.10. The number of amides is 3. The maximum absolute atomic E-state index is 13.0. The fraction of sp³-hybridized carbons (Fsp3) is 0.381. The van der Waals surface area contributed by atoms with Crippen LogP contribution in [0.3, 0.4) is 0 Å². The highest BCUT2D eigenvalue weighted by Crippen LogP contribution is 2.30. The second-order valence-corrected chi connectivity index (χ2v) is 7.72. The molecule has 1 saturated heterocycles.